The van der Waals surface area contributed by atoms with Crippen LogP contribution in [-0.2, 0) is 34.8 Å². The zero-order valence-electron chi connectivity index (χ0n) is 16.9. The maximum atomic E-state index is 12.9. The average Bonchev–Trinajstić information content (AvgIpc) is 3.27. The van der Waals surface area contributed by atoms with Crippen LogP contribution in [0.4, 0.5) is 10.5 Å². The molecule has 1 heterocycles. The topological polar surface area (TPSA) is 135 Å². The molecule has 0 bridgehead atoms. The number of anilines is 1. The molecule has 2 aliphatic carbocycles. The van der Waals surface area contributed by atoms with Crippen LogP contribution in [0, 0.1) is 0 Å². The minimum absolute atomic E-state index is 0.00473. The number of ketones is 1. The van der Waals surface area contributed by atoms with Gasteiger partial charge in [0.1, 0.15) is 15.5 Å². The predicted molar refractivity (Wildman–Crippen MR) is 113 cm³/mol. The first kappa shape index (κ1) is 20.6. The summed E-state index contributed by atoms with van der Waals surface area (Å²) < 4.78 is 16.5. The molecule has 2 aliphatic rings. The number of rotatable bonds is 3. The number of amides is 2. The van der Waals surface area contributed by atoms with Crippen molar-refractivity contribution >= 4 is 27.4 Å². The van der Waals surface area contributed by atoms with E-state index >= 15 is 0 Å². The molecule has 0 spiro atoms. The van der Waals surface area contributed by atoms with Crippen molar-refractivity contribution in [1.29, 1.82) is 0 Å². The fourth-order valence-electron chi connectivity index (χ4n) is 4.05. The molecule has 0 radical (unpaired) electrons. The highest BCUT2D eigenvalue weighted by molar-refractivity contribution is 7.91. The molecule has 9 heteroatoms. The molecule has 1 aromatic heterocycles. The standard InChI is InChI=1S/C21H24N4O4S/c1-21(2,28)17-9-7-14(11-23-17)30(22,29)25-20(27)24-19-15-5-3-4-12(15)10-13-6-8-16(26)18(13)19/h7,9-11,28H,3-6,8H2,1-2H3,(H3,22,24,25,27,29)/t30-/m0/s1. The Hall–Kier alpha value is -2.62. The summed E-state index contributed by atoms with van der Waals surface area (Å²) in [6.45, 7) is 3.15. The van der Waals surface area contributed by atoms with Crippen LogP contribution in [-0.4, -0.2) is 26.1 Å². The Morgan fingerprint density at radius 3 is 2.67 bits per heavy atom. The van der Waals surface area contributed by atoms with Gasteiger partial charge in [-0.25, -0.2) is 14.1 Å². The van der Waals surface area contributed by atoms with Gasteiger partial charge in [-0.3, -0.25) is 9.78 Å². The molecule has 0 fully saturated rings. The second-order valence-electron chi connectivity index (χ2n) is 8.23. The van der Waals surface area contributed by atoms with Crippen LogP contribution in [0.5, 0.6) is 0 Å². The summed E-state index contributed by atoms with van der Waals surface area (Å²) in [6.07, 6.45) is 4.96. The van der Waals surface area contributed by atoms with Crippen molar-refractivity contribution in [3.05, 3.63) is 52.3 Å². The number of aryl methyl sites for hydroxylation is 2. The van der Waals surface area contributed by atoms with Crippen molar-refractivity contribution in [2.45, 2.75) is 56.4 Å². The number of nitrogens with zero attached hydrogens (tertiary/aromatic N) is 2. The third kappa shape index (κ3) is 3.76. The van der Waals surface area contributed by atoms with Crippen LogP contribution in [0.25, 0.3) is 0 Å². The van der Waals surface area contributed by atoms with Gasteiger partial charge in [0.2, 0.25) is 0 Å². The number of pyridine rings is 1. The van der Waals surface area contributed by atoms with Crippen molar-refractivity contribution in [3.8, 4) is 0 Å². The largest absolute Gasteiger partial charge is 0.384 e. The van der Waals surface area contributed by atoms with Crippen molar-refractivity contribution in [3.63, 3.8) is 0 Å². The number of aliphatic hydroxyl groups is 1. The number of hydrogen-bond donors (Lipinski definition) is 3. The Morgan fingerprint density at radius 1 is 1.23 bits per heavy atom. The number of carbonyl (C=O) groups excluding carboxylic acids is 2. The van der Waals surface area contributed by atoms with Gasteiger partial charge in [0.25, 0.3) is 0 Å². The summed E-state index contributed by atoms with van der Waals surface area (Å²) in [6, 6.07) is 4.12. The zero-order valence-corrected chi connectivity index (χ0v) is 17.7. The maximum Gasteiger partial charge on any atom is 0.354 e. The molecule has 8 nitrogen and oxygen atoms in total. The van der Waals surface area contributed by atoms with Crippen molar-refractivity contribution in [2.75, 3.05) is 5.32 Å². The number of hydrogen-bond acceptors (Lipinski definition) is 5. The highest BCUT2D eigenvalue weighted by Gasteiger charge is 2.30. The zero-order chi connectivity index (χ0) is 21.7. The Bertz CT molecular complexity index is 1170. The van der Waals surface area contributed by atoms with Gasteiger partial charge in [-0.15, -0.1) is 4.36 Å². The molecule has 1 aromatic carbocycles. The average molecular weight is 429 g/mol. The predicted octanol–water partition coefficient (Wildman–Crippen LogP) is 2.86. The SMILES string of the molecule is CC(C)(O)c1ccc([S@@](N)(=O)=NC(=O)Nc2c3c(cc4c2C(=O)CC4)CCC3)cn1. The lowest BCUT2D eigenvalue weighted by atomic mass is 9.98. The van der Waals surface area contributed by atoms with E-state index in [-0.39, 0.29) is 10.7 Å². The number of aromatic nitrogens is 1. The van der Waals surface area contributed by atoms with Gasteiger partial charge in [0.05, 0.1) is 16.3 Å². The molecule has 0 saturated carbocycles. The molecule has 2 aromatic rings. The van der Waals surface area contributed by atoms with E-state index in [1.807, 2.05) is 0 Å². The maximum absolute atomic E-state index is 12.9. The van der Waals surface area contributed by atoms with Crippen LogP contribution in [0.1, 0.15) is 59.4 Å². The van der Waals surface area contributed by atoms with Crippen LogP contribution in [0.2, 0.25) is 0 Å². The van der Waals surface area contributed by atoms with E-state index in [1.165, 1.54) is 18.3 Å². The summed E-state index contributed by atoms with van der Waals surface area (Å²) in [7, 11) is -3.55. The Morgan fingerprint density at radius 2 is 2.00 bits per heavy atom. The molecule has 30 heavy (non-hydrogen) atoms. The van der Waals surface area contributed by atoms with Gasteiger partial charge in [0, 0.05) is 18.2 Å². The molecule has 4 rings (SSSR count). The van der Waals surface area contributed by atoms with Gasteiger partial charge in [-0.2, -0.15) is 0 Å². The van der Waals surface area contributed by atoms with Crippen LogP contribution in [0.15, 0.2) is 33.7 Å². The van der Waals surface area contributed by atoms with E-state index in [0.29, 0.717) is 29.8 Å². The van der Waals surface area contributed by atoms with Crippen molar-refractivity contribution < 1.29 is 18.9 Å². The van der Waals surface area contributed by atoms with E-state index < -0.39 is 21.5 Å². The van der Waals surface area contributed by atoms with Crippen LogP contribution in [0.3, 0.4) is 0 Å². The number of carbonyl (C=O) groups is 2. The highest BCUT2D eigenvalue weighted by Crippen LogP contribution is 2.38. The summed E-state index contributed by atoms with van der Waals surface area (Å²) in [5.74, 6) is -0.00473. The minimum Gasteiger partial charge on any atom is -0.384 e. The third-order valence-electron chi connectivity index (χ3n) is 5.53. The smallest absolute Gasteiger partial charge is 0.354 e. The molecule has 0 aliphatic heterocycles. The molecule has 4 N–H and O–H groups in total. The summed E-state index contributed by atoms with van der Waals surface area (Å²) >= 11 is 0. The van der Waals surface area contributed by atoms with Gasteiger partial charge in [0.15, 0.2) is 5.78 Å². The first-order chi connectivity index (χ1) is 14.1. The van der Waals surface area contributed by atoms with Gasteiger partial charge in [-0.05, 0) is 68.4 Å². The summed E-state index contributed by atoms with van der Waals surface area (Å²) in [4.78, 5) is 29.2. The quantitative estimate of drug-likeness (QED) is 0.691. The second-order valence-corrected chi connectivity index (χ2v) is 10.0. The first-order valence-electron chi connectivity index (χ1n) is 9.82. The van der Waals surface area contributed by atoms with E-state index in [9.17, 15) is 18.9 Å². The Balaban J connectivity index is 1.66. The van der Waals surface area contributed by atoms with Gasteiger partial charge < -0.3 is 10.4 Å². The Labute approximate surface area is 175 Å². The number of fused-ring (bicyclic) bond motifs is 2. The number of urea groups is 1. The molecule has 1 atom stereocenters. The van der Waals surface area contributed by atoms with Crippen LogP contribution < -0.4 is 10.5 Å². The van der Waals surface area contributed by atoms with Crippen molar-refractivity contribution in [1.82, 2.24) is 4.98 Å². The fourth-order valence-corrected chi connectivity index (χ4v) is 4.92. The highest BCUT2D eigenvalue weighted by atomic mass is 32.2. The van der Waals surface area contributed by atoms with Gasteiger partial charge >= 0.3 is 6.03 Å². The normalized spacial score (nSPS) is 17.3. The van der Waals surface area contributed by atoms with E-state index in [2.05, 4.69) is 20.7 Å². The minimum atomic E-state index is -3.55. The summed E-state index contributed by atoms with van der Waals surface area (Å²) in [5, 5.41) is 18.5. The molecular weight excluding hydrogens is 404 g/mol. The second kappa shape index (κ2) is 7.26. The lowest BCUT2D eigenvalue weighted by Crippen LogP contribution is -2.21. The number of nitrogens with two attached hydrogens (primary N) is 1. The molecule has 158 valence electrons. The number of benzene rings is 1. The molecule has 2 amide bonds. The van der Waals surface area contributed by atoms with E-state index in [4.69, 9.17) is 5.14 Å². The summed E-state index contributed by atoms with van der Waals surface area (Å²) in [5.41, 5.74) is 3.27. The molecule has 0 saturated heterocycles. The number of nitrogens with one attached hydrogen (secondary N) is 1. The Kier molecular flexibility index (Phi) is 5.00. The van der Waals surface area contributed by atoms with Crippen LogP contribution >= 0.6 is 0 Å². The first-order valence-corrected chi connectivity index (χ1v) is 11.4. The molecule has 0 unspecified atom stereocenters. The molecular formula is C21H24N4O4S. The third-order valence-corrected chi connectivity index (χ3v) is 6.89. The lowest BCUT2D eigenvalue weighted by molar-refractivity contribution is 0.0737. The number of Topliss-reactive ketones (excluding diaryl/α,β-unsaturated/α-hetero) is 1. The monoisotopic (exact) mass is 428 g/mol. The van der Waals surface area contributed by atoms with E-state index in [0.717, 1.165) is 36.0 Å². The van der Waals surface area contributed by atoms with Crippen molar-refractivity contribution in [2.24, 2.45) is 9.50 Å². The van der Waals surface area contributed by atoms with E-state index in [1.54, 1.807) is 13.8 Å². The van der Waals surface area contributed by atoms with Gasteiger partial charge in [-0.1, -0.05) is 6.07 Å². The fraction of sp³-hybridized carbons (Fsp3) is 0.381. The lowest BCUT2D eigenvalue weighted by Gasteiger charge is -2.16.